The second kappa shape index (κ2) is 5.75. The molecule has 0 saturated heterocycles. The van der Waals surface area contributed by atoms with Gasteiger partial charge in [-0.15, -0.1) is 0 Å². The molecule has 3 nitrogen and oxygen atoms in total. The van der Waals surface area contributed by atoms with Crippen LogP contribution in [0.1, 0.15) is 11.1 Å². The topological polar surface area (TPSA) is 47.3 Å². The Morgan fingerprint density at radius 2 is 2.00 bits per heavy atom. The van der Waals surface area contributed by atoms with Crippen molar-refractivity contribution >= 4 is 23.0 Å². The first-order valence-electron chi connectivity index (χ1n) is 5.79. The Hall–Kier alpha value is -2.02. The van der Waals surface area contributed by atoms with Gasteiger partial charge >= 0.3 is 0 Å². The summed E-state index contributed by atoms with van der Waals surface area (Å²) >= 11 is 6.08. The lowest BCUT2D eigenvalue weighted by molar-refractivity contribution is 0.282. The van der Waals surface area contributed by atoms with Gasteiger partial charge in [-0.25, -0.2) is 0 Å². The Kier molecular flexibility index (Phi) is 4.06. The first-order chi connectivity index (χ1) is 9.17. The average molecular weight is 273 g/mol. The molecule has 96 valence electrons. The summed E-state index contributed by atoms with van der Waals surface area (Å²) in [7, 11) is 1.88. The van der Waals surface area contributed by atoms with Crippen LogP contribution in [0.5, 0.6) is 0 Å². The molecule has 0 saturated carbocycles. The molecule has 0 heterocycles. The smallest absolute Gasteiger partial charge is 0.0992 e. The molecule has 0 aliphatic carbocycles. The third kappa shape index (κ3) is 2.70. The van der Waals surface area contributed by atoms with Crippen LogP contribution in [0.3, 0.4) is 0 Å². The molecule has 0 fully saturated rings. The van der Waals surface area contributed by atoms with Crippen LogP contribution in [-0.2, 0) is 6.61 Å². The molecule has 0 unspecified atom stereocenters. The van der Waals surface area contributed by atoms with Crippen LogP contribution in [0.4, 0.5) is 11.4 Å². The zero-order chi connectivity index (χ0) is 13.8. The van der Waals surface area contributed by atoms with Crippen molar-refractivity contribution in [3.05, 3.63) is 58.6 Å². The van der Waals surface area contributed by atoms with E-state index in [9.17, 15) is 5.11 Å². The molecule has 19 heavy (non-hydrogen) atoms. The monoisotopic (exact) mass is 272 g/mol. The molecular formula is C15H13ClN2O. The van der Waals surface area contributed by atoms with Crippen molar-refractivity contribution in [1.82, 2.24) is 0 Å². The third-order valence-corrected chi connectivity index (χ3v) is 3.33. The second-order valence-corrected chi connectivity index (χ2v) is 4.52. The first kappa shape index (κ1) is 13.4. The van der Waals surface area contributed by atoms with E-state index in [4.69, 9.17) is 16.9 Å². The largest absolute Gasteiger partial charge is 0.392 e. The molecule has 0 aromatic heterocycles. The van der Waals surface area contributed by atoms with Crippen molar-refractivity contribution in [2.24, 2.45) is 0 Å². The Bertz CT molecular complexity index is 634. The van der Waals surface area contributed by atoms with E-state index < -0.39 is 0 Å². The quantitative estimate of drug-likeness (QED) is 0.931. The third-order valence-electron chi connectivity index (χ3n) is 2.98. The molecule has 2 aromatic carbocycles. The van der Waals surface area contributed by atoms with Crippen molar-refractivity contribution in [3.63, 3.8) is 0 Å². The van der Waals surface area contributed by atoms with E-state index in [2.05, 4.69) is 6.07 Å². The molecule has 0 bridgehead atoms. The number of aliphatic hydroxyl groups is 1. The Balaban J connectivity index is 2.47. The second-order valence-electron chi connectivity index (χ2n) is 4.12. The number of hydrogen-bond donors (Lipinski definition) is 1. The van der Waals surface area contributed by atoms with Gasteiger partial charge < -0.3 is 10.0 Å². The standard InChI is InChI=1S/C15H13ClN2O/c1-18(12-5-2-4-11(8-12)9-17)15-7-3-6-14(16)13(15)10-19/h2-8,19H,10H2,1H3. The van der Waals surface area contributed by atoms with Crippen molar-refractivity contribution in [2.45, 2.75) is 6.61 Å². The van der Waals surface area contributed by atoms with Crippen LogP contribution in [0, 0.1) is 11.3 Å². The highest BCUT2D eigenvalue weighted by Crippen LogP contribution is 2.31. The van der Waals surface area contributed by atoms with Crippen molar-refractivity contribution in [2.75, 3.05) is 11.9 Å². The summed E-state index contributed by atoms with van der Waals surface area (Å²) in [5.74, 6) is 0. The number of hydrogen-bond acceptors (Lipinski definition) is 3. The minimum Gasteiger partial charge on any atom is -0.392 e. The van der Waals surface area contributed by atoms with E-state index in [0.717, 1.165) is 11.4 Å². The maximum absolute atomic E-state index is 9.43. The lowest BCUT2D eigenvalue weighted by atomic mass is 10.1. The van der Waals surface area contributed by atoms with Crippen LogP contribution in [0.15, 0.2) is 42.5 Å². The molecule has 4 heteroatoms. The van der Waals surface area contributed by atoms with Gasteiger partial charge in [-0.05, 0) is 30.3 Å². The Labute approximate surface area is 117 Å². The van der Waals surface area contributed by atoms with E-state index in [0.29, 0.717) is 16.1 Å². The van der Waals surface area contributed by atoms with E-state index in [1.165, 1.54) is 0 Å². The number of nitriles is 1. The fraction of sp³-hybridized carbons (Fsp3) is 0.133. The lowest BCUT2D eigenvalue weighted by Gasteiger charge is -2.22. The number of halogens is 1. The summed E-state index contributed by atoms with van der Waals surface area (Å²) in [6, 6.07) is 14.9. The molecule has 0 spiro atoms. The minimum atomic E-state index is -0.128. The van der Waals surface area contributed by atoms with E-state index in [1.807, 2.05) is 36.2 Å². The first-order valence-corrected chi connectivity index (χ1v) is 6.17. The summed E-state index contributed by atoms with van der Waals surface area (Å²) in [5, 5.41) is 18.9. The normalized spacial score (nSPS) is 10.0. The van der Waals surface area contributed by atoms with E-state index in [1.54, 1.807) is 18.2 Å². The summed E-state index contributed by atoms with van der Waals surface area (Å²) in [4.78, 5) is 1.90. The van der Waals surface area contributed by atoms with Crippen LogP contribution < -0.4 is 4.90 Å². The van der Waals surface area contributed by atoms with Crippen LogP contribution in [-0.4, -0.2) is 12.2 Å². The summed E-state index contributed by atoms with van der Waals surface area (Å²) in [6.45, 7) is -0.128. The van der Waals surface area contributed by atoms with Crippen LogP contribution >= 0.6 is 11.6 Å². The maximum Gasteiger partial charge on any atom is 0.0992 e. The minimum absolute atomic E-state index is 0.128. The number of aliphatic hydroxyl groups excluding tert-OH is 1. The fourth-order valence-electron chi connectivity index (χ4n) is 1.94. The van der Waals surface area contributed by atoms with Crippen LogP contribution in [0.25, 0.3) is 0 Å². The number of nitrogens with zero attached hydrogens (tertiary/aromatic N) is 2. The summed E-state index contributed by atoms with van der Waals surface area (Å²) in [5.41, 5.74) is 2.96. The van der Waals surface area contributed by atoms with Gasteiger partial charge in [-0.2, -0.15) is 5.26 Å². The highest BCUT2D eigenvalue weighted by Gasteiger charge is 2.11. The molecule has 0 atom stereocenters. The van der Waals surface area contributed by atoms with Gasteiger partial charge in [-0.3, -0.25) is 0 Å². The Morgan fingerprint density at radius 1 is 1.26 bits per heavy atom. The van der Waals surface area contributed by atoms with Gasteiger partial charge in [0, 0.05) is 29.0 Å². The molecular weight excluding hydrogens is 260 g/mol. The predicted octanol–water partition coefficient (Wildman–Crippen LogP) is 3.47. The SMILES string of the molecule is CN(c1cccc(C#N)c1)c1cccc(Cl)c1CO. The fourth-order valence-corrected chi connectivity index (χ4v) is 2.17. The summed E-state index contributed by atoms with van der Waals surface area (Å²) in [6.07, 6.45) is 0. The van der Waals surface area contributed by atoms with Gasteiger partial charge in [0.15, 0.2) is 0 Å². The van der Waals surface area contributed by atoms with Crippen molar-refractivity contribution in [3.8, 4) is 6.07 Å². The van der Waals surface area contributed by atoms with Gasteiger partial charge in [0.1, 0.15) is 0 Å². The molecule has 1 N–H and O–H groups in total. The lowest BCUT2D eigenvalue weighted by Crippen LogP contribution is -2.12. The van der Waals surface area contributed by atoms with E-state index in [-0.39, 0.29) is 6.61 Å². The van der Waals surface area contributed by atoms with Gasteiger partial charge in [-0.1, -0.05) is 23.7 Å². The highest BCUT2D eigenvalue weighted by molar-refractivity contribution is 6.31. The predicted molar refractivity (Wildman–Crippen MR) is 76.6 cm³/mol. The average Bonchev–Trinajstić information content (AvgIpc) is 2.46. The van der Waals surface area contributed by atoms with Gasteiger partial charge in [0.25, 0.3) is 0 Å². The van der Waals surface area contributed by atoms with Gasteiger partial charge in [0.2, 0.25) is 0 Å². The number of anilines is 2. The van der Waals surface area contributed by atoms with Crippen LogP contribution in [0.2, 0.25) is 5.02 Å². The molecule has 0 aliphatic heterocycles. The highest BCUT2D eigenvalue weighted by atomic mass is 35.5. The molecule has 2 aromatic rings. The molecule has 0 aliphatic rings. The maximum atomic E-state index is 9.43. The molecule has 0 radical (unpaired) electrons. The molecule has 2 rings (SSSR count). The zero-order valence-corrected chi connectivity index (χ0v) is 11.2. The number of rotatable bonds is 3. The van der Waals surface area contributed by atoms with Crippen molar-refractivity contribution in [1.29, 1.82) is 5.26 Å². The summed E-state index contributed by atoms with van der Waals surface area (Å²) < 4.78 is 0. The van der Waals surface area contributed by atoms with E-state index >= 15 is 0 Å². The Morgan fingerprint density at radius 3 is 2.68 bits per heavy atom. The van der Waals surface area contributed by atoms with Crippen molar-refractivity contribution < 1.29 is 5.11 Å². The number of benzene rings is 2. The zero-order valence-electron chi connectivity index (χ0n) is 10.5. The molecule has 0 amide bonds. The van der Waals surface area contributed by atoms with Gasteiger partial charge in [0.05, 0.1) is 18.2 Å².